The van der Waals surface area contributed by atoms with Crippen molar-refractivity contribution in [3.8, 4) is 0 Å². The highest BCUT2D eigenvalue weighted by Gasteiger charge is 2.35. The highest BCUT2D eigenvalue weighted by Crippen LogP contribution is 2.43. The zero-order chi connectivity index (χ0) is 23.3. The SMILES string of the molecule is CCN(C)c1ccccc1S/C=C(/C(=O)C1=CCC(C(Cl)(Cl)Cl)CC1)C(=O)c1ccco1. The molecule has 0 radical (unpaired) electrons. The summed E-state index contributed by atoms with van der Waals surface area (Å²) in [7, 11) is 2.00. The minimum Gasteiger partial charge on any atom is -0.461 e. The molecule has 0 amide bonds. The van der Waals surface area contributed by atoms with E-state index < -0.39 is 9.58 Å². The summed E-state index contributed by atoms with van der Waals surface area (Å²) in [4.78, 5) is 29.5. The van der Waals surface area contributed by atoms with Crippen molar-refractivity contribution in [1.82, 2.24) is 0 Å². The molecule has 2 aromatic rings. The maximum Gasteiger partial charge on any atom is 0.232 e. The summed E-state index contributed by atoms with van der Waals surface area (Å²) in [5.74, 6) is -0.802. The number of thioether (sulfide) groups is 1. The molecule has 4 nitrogen and oxygen atoms in total. The lowest BCUT2D eigenvalue weighted by Gasteiger charge is -2.27. The van der Waals surface area contributed by atoms with Crippen molar-refractivity contribution < 1.29 is 14.0 Å². The predicted octanol–water partition coefficient (Wildman–Crippen LogP) is 7.26. The highest BCUT2D eigenvalue weighted by atomic mass is 35.6. The largest absolute Gasteiger partial charge is 0.461 e. The van der Waals surface area contributed by atoms with E-state index >= 15 is 0 Å². The molecular weight excluding hydrogens is 489 g/mol. The summed E-state index contributed by atoms with van der Waals surface area (Å²) < 4.78 is 3.90. The van der Waals surface area contributed by atoms with Crippen LogP contribution in [0.5, 0.6) is 0 Å². The van der Waals surface area contributed by atoms with E-state index in [0.29, 0.717) is 24.8 Å². The summed E-state index contributed by atoms with van der Waals surface area (Å²) in [6.45, 7) is 2.89. The van der Waals surface area contributed by atoms with Crippen LogP contribution in [0.4, 0.5) is 5.69 Å². The second-order valence-electron chi connectivity index (χ2n) is 7.51. The summed E-state index contributed by atoms with van der Waals surface area (Å²) in [5.41, 5.74) is 1.65. The third kappa shape index (κ3) is 6.02. The van der Waals surface area contributed by atoms with Gasteiger partial charge in [-0.3, -0.25) is 9.59 Å². The average molecular weight is 513 g/mol. The number of alkyl halides is 3. The number of hydrogen-bond donors (Lipinski definition) is 0. The van der Waals surface area contributed by atoms with Crippen LogP contribution in [-0.2, 0) is 4.79 Å². The molecule has 1 aromatic heterocycles. The zero-order valence-corrected chi connectivity index (χ0v) is 20.9. The first-order valence-corrected chi connectivity index (χ1v) is 12.3. The maximum absolute atomic E-state index is 13.4. The summed E-state index contributed by atoms with van der Waals surface area (Å²) in [6.07, 6.45) is 4.68. The minimum absolute atomic E-state index is 0.0671. The van der Waals surface area contributed by atoms with Gasteiger partial charge in [0.25, 0.3) is 0 Å². The molecule has 1 aromatic carbocycles. The normalized spacial score (nSPS) is 17.1. The van der Waals surface area contributed by atoms with E-state index in [9.17, 15) is 9.59 Å². The van der Waals surface area contributed by atoms with Crippen molar-refractivity contribution in [2.24, 2.45) is 5.92 Å². The van der Waals surface area contributed by atoms with Crippen molar-refractivity contribution in [1.29, 1.82) is 0 Å². The highest BCUT2D eigenvalue weighted by molar-refractivity contribution is 8.02. The van der Waals surface area contributed by atoms with Crippen LogP contribution < -0.4 is 4.90 Å². The fourth-order valence-corrected chi connectivity index (χ4v) is 4.98. The number of carbonyl (C=O) groups is 2. The number of ketones is 2. The van der Waals surface area contributed by atoms with Gasteiger partial charge in [0.15, 0.2) is 15.3 Å². The summed E-state index contributed by atoms with van der Waals surface area (Å²) >= 11 is 19.4. The number of Topliss-reactive ketones (excluding diaryl/α,β-unsaturated/α-hetero) is 2. The van der Waals surface area contributed by atoms with E-state index in [1.165, 1.54) is 18.0 Å². The number of rotatable bonds is 8. The first-order valence-electron chi connectivity index (χ1n) is 10.3. The van der Waals surface area contributed by atoms with Crippen LogP contribution in [0.2, 0.25) is 0 Å². The van der Waals surface area contributed by atoms with E-state index in [1.807, 2.05) is 31.3 Å². The lowest BCUT2D eigenvalue weighted by molar-refractivity contribution is -0.112. The van der Waals surface area contributed by atoms with Gasteiger partial charge < -0.3 is 9.32 Å². The van der Waals surface area contributed by atoms with E-state index in [1.54, 1.807) is 23.6 Å². The van der Waals surface area contributed by atoms with Gasteiger partial charge in [0.2, 0.25) is 5.78 Å². The third-order valence-corrected chi connectivity index (χ3v) is 7.33. The van der Waals surface area contributed by atoms with Crippen LogP contribution in [0.25, 0.3) is 0 Å². The number of hydrogen-bond acceptors (Lipinski definition) is 5. The van der Waals surface area contributed by atoms with Gasteiger partial charge in [0, 0.05) is 24.4 Å². The molecule has 32 heavy (non-hydrogen) atoms. The predicted molar refractivity (Wildman–Crippen MR) is 133 cm³/mol. The Balaban J connectivity index is 1.91. The Morgan fingerprint density at radius 1 is 1.19 bits per heavy atom. The molecule has 170 valence electrons. The molecule has 1 atom stereocenters. The molecule has 8 heteroatoms. The number of furan rings is 1. The molecule has 1 heterocycles. The van der Waals surface area contributed by atoms with E-state index in [0.717, 1.165) is 17.1 Å². The van der Waals surface area contributed by atoms with Gasteiger partial charge >= 0.3 is 0 Å². The van der Waals surface area contributed by atoms with Crippen molar-refractivity contribution in [2.75, 3.05) is 18.5 Å². The Hall–Kier alpha value is -1.66. The van der Waals surface area contributed by atoms with Gasteiger partial charge in [-0.05, 0) is 61.4 Å². The Morgan fingerprint density at radius 3 is 2.53 bits per heavy atom. The van der Waals surface area contributed by atoms with Crippen molar-refractivity contribution in [3.63, 3.8) is 0 Å². The number of benzene rings is 1. The van der Waals surface area contributed by atoms with Gasteiger partial charge in [0.1, 0.15) is 0 Å². The summed E-state index contributed by atoms with van der Waals surface area (Å²) in [5, 5.41) is 1.62. The number of nitrogens with zero attached hydrogens (tertiary/aromatic N) is 1. The summed E-state index contributed by atoms with van der Waals surface area (Å²) in [6, 6.07) is 11.0. The lowest BCUT2D eigenvalue weighted by atomic mass is 9.86. The molecule has 0 spiro atoms. The van der Waals surface area contributed by atoms with Crippen LogP contribution in [0, 0.1) is 5.92 Å². The molecule has 1 aliphatic rings. The monoisotopic (exact) mass is 511 g/mol. The molecule has 1 unspecified atom stereocenters. The first kappa shape index (κ1) is 25.0. The molecule has 0 N–H and O–H groups in total. The van der Waals surface area contributed by atoms with Crippen LogP contribution in [0.1, 0.15) is 36.7 Å². The second kappa shape index (κ2) is 11.0. The molecule has 0 bridgehead atoms. The van der Waals surface area contributed by atoms with Crippen molar-refractivity contribution in [2.45, 2.75) is 34.9 Å². The van der Waals surface area contributed by atoms with Gasteiger partial charge in [-0.1, -0.05) is 64.8 Å². The second-order valence-corrected chi connectivity index (χ2v) is 10.8. The maximum atomic E-state index is 13.4. The van der Waals surface area contributed by atoms with Gasteiger partial charge in [0.05, 0.1) is 17.5 Å². The van der Waals surface area contributed by atoms with Gasteiger partial charge in [-0.15, -0.1) is 0 Å². The molecule has 0 aliphatic heterocycles. The smallest absolute Gasteiger partial charge is 0.232 e. The number of para-hydroxylation sites is 1. The Labute approximate surface area is 207 Å². The van der Waals surface area contributed by atoms with Crippen LogP contribution in [0.3, 0.4) is 0 Å². The molecule has 0 saturated heterocycles. The van der Waals surface area contributed by atoms with E-state index in [-0.39, 0.29) is 23.0 Å². The molecule has 0 fully saturated rings. The first-order chi connectivity index (χ1) is 15.2. The Kier molecular flexibility index (Phi) is 8.56. The van der Waals surface area contributed by atoms with Gasteiger partial charge in [-0.2, -0.15) is 0 Å². The minimum atomic E-state index is -1.38. The van der Waals surface area contributed by atoms with Gasteiger partial charge in [-0.25, -0.2) is 0 Å². The van der Waals surface area contributed by atoms with Crippen LogP contribution >= 0.6 is 46.6 Å². The Bertz CT molecular complexity index is 1030. The number of halogens is 3. The zero-order valence-electron chi connectivity index (χ0n) is 17.8. The lowest BCUT2D eigenvalue weighted by Crippen LogP contribution is -2.24. The number of allylic oxidation sites excluding steroid dienone is 3. The fraction of sp³-hybridized carbons (Fsp3) is 0.333. The van der Waals surface area contributed by atoms with Crippen LogP contribution in [0.15, 0.2) is 74.6 Å². The molecule has 1 aliphatic carbocycles. The number of carbonyl (C=O) groups excluding carboxylic acids is 2. The average Bonchev–Trinajstić information content (AvgIpc) is 3.33. The van der Waals surface area contributed by atoms with Crippen molar-refractivity contribution >= 4 is 63.8 Å². The van der Waals surface area contributed by atoms with Crippen LogP contribution in [-0.4, -0.2) is 29.0 Å². The standard InChI is InChI=1S/C24H24Cl3NO3S/c1-3-28(2)19-7-4-5-9-21(19)32-15-18(23(30)20-8-6-14-31-20)22(29)16-10-12-17(13-11-16)24(25,26)27/h4-10,14-15,17H,3,11-13H2,1-2H3/b18-15-. The fourth-order valence-electron chi connectivity index (χ4n) is 3.43. The molecule has 0 saturated carbocycles. The quantitative estimate of drug-likeness (QED) is 0.0930. The molecular formula is C24H24Cl3NO3S. The number of anilines is 1. The Morgan fingerprint density at radius 2 is 1.94 bits per heavy atom. The van der Waals surface area contributed by atoms with E-state index in [2.05, 4.69) is 11.8 Å². The topological polar surface area (TPSA) is 50.5 Å². The van der Waals surface area contributed by atoms with E-state index in [4.69, 9.17) is 39.2 Å². The van der Waals surface area contributed by atoms with Crippen molar-refractivity contribution in [3.05, 3.63) is 71.1 Å². The molecule has 3 rings (SSSR count). The third-order valence-electron chi connectivity index (χ3n) is 5.45.